The van der Waals surface area contributed by atoms with E-state index < -0.39 is 0 Å². The Balaban J connectivity index is 2.36. The largest absolute Gasteiger partial charge is 0.166 e. The van der Waals surface area contributed by atoms with Crippen LogP contribution < -0.4 is 0 Å². The van der Waals surface area contributed by atoms with Crippen LogP contribution in [-0.4, -0.2) is 0 Å². The first-order valence-electron chi connectivity index (χ1n) is 4.66. The molecule has 14 heavy (non-hydrogen) atoms. The zero-order valence-corrected chi connectivity index (χ0v) is 8.46. The van der Waals surface area contributed by atoms with Gasteiger partial charge in [-0.15, -0.1) is 0 Å². The lowest BCUT2D eigenvalue weighted by Gasteiger charge is -2.03. The van der Waals surface area contributed by atoms with Gasteiger partial charge in [-0.1, -0.05) is 42.5 Å². The Morgan fingerprint density at radius 3 is 2.71 bits per heavy atom. The number of rotatable bonds is 0. The van der Waals surface area contributed by atoms with Crippen LogP contribution in [0.2, 0.25) is 0 Å². The van der Waals surface area contributed by atoms with Crippen LogP contribution in [0, 0.1) is 6.07 Å². The van der Waals surface area contributed by atoms with Gasteiger partial charge >= 0.3 is 0 Å². The average molecular weight is 197 g/mol. The van der Waals surface area contributed by atoms with Gasteiger partial charge in [0.15, 0.2) is 0 Å². The maximum atomic E-state index is 4.62. The fourth-order valence-electron chi connectivity index (χ4n) is 2.05. The zero-order valence-electron chi connectivity index (χ0n) is 7.57. The third-order valence-electron chi connectivity index (χ3n) is 2.71. The Bertz CT molecular complexity index is 443. The molecule has 0 fully saturated rings. The van der Waals surface area contributed by atoms with Crippen molar-refractivity contribution in [2.24, 2.45) is 0 Å². The summed E-state index contributed by atoms with van der Waals surface area (Å²) in [5, 5.41) is 0.197. The van der Waals surface area contributed by atoms with E-state index in [1.54, 1.807) is 0 Å². The third kappa shape index (κ3) is 0.962. The molecule has 0 amide bonds. The molecule has 2 aromatic carbocycles. The quantitative estimate of drug-likeness (QED) is 0.614. The maximum absolute atomic E-state index is 4.62. The van der Waals surface area contributed by atoms with E-state index in [0.29, 0.717) is 0 Å². The summed E-state index contributed by atoms with van der Waals surface area (Å²) >= 11 is 4.62. The summed E-state index contributed by atoms with van der Waals surface area (Å²) in [6, 6.07) is 17.8. The Morgan fingerprint density at radius 2 is 1.79 bits per heavy atom. The molecule has 0 bridgehead atoms. The van der Waals surface area contributed by atoms with Crippen LogP contribution in [0.5, 0.6) is 0 Å². The molecule has 1 radical (unpaired) electrons. The summed E-state index contributed by atoms with van der Waals surface area (Å²) < 4.78 is 0. The summed E-state index contributed by atoms with van der Waals surface area (Å²) in [5.41, 5.74) is 5.09. The van der Waals surface area contributed by atoms with Crippen molar-refractivity contribution >= 4 is 12.6 Å². The smallest absolute Gasteiger partial charge is 0.0534 e. The molecule has 0 saturated carbocycles. The van der Waals surface area contributed by atoms with Gasteiger partial charge in [-0.05, 0) is 28.3 Å². The van der Waals surface area contributed by atoms with E-state index in [1.807, 2.05) is 12.1 Å². The second-order valence-electron chi connectivity index (χ2n) is 3.49. The Morgan fingerprint density at radius 1 is 1.00 bits per heavy atom. The first kappa shape index (κ1) is 8.13. The molecule has 0 aromatic heterocycles. The molecule has 0 aliphatic heterocycles. The van der Waals surface area contributed by atoms with Crippen molar-refractivity contribution in [2.45, 2.75) is 5.25 Å². The lowest BCUT2D eigenvalue weighted by atomic mass is 10.1. The van der Waals surface area contributed by atoms with Crippen LogP contribution >= 0.6 is 12.6 Å². The van der Waals surface area contributed by atoms with Gasteiger partial charge < -0.3 is 0 Å². The summed E-state index contributed by atoms with van der Waals surface area (Å²) in [4.78, 5) is 0. The summed E-state index contributed by atoms with van der Waals surface area (Å²) in [7, 11) is 0. The normalized spacial score (nSPS) is 13.8. The van der Waals surface area contributed by atoms with Gasteiger partial charge in [0.2, 0.25) is 0 Å². The highest BCUT2D eigenvalue weighted by molar-refractivity contribution is 7.80. The van der Waals surface area contributed by atoms with Crippen LogP contribution in [0.4, 0.5) is 0 Å². The van der Waals surface area contributed by atoms with Crippen LogP contribution in [-0.2, 0) is 0 Å². The van der Waals surface area contributed by atoms with Crippen LogP contribution in [0.1, 0.15) is 16.4 Å². The van der Waals surface area contributed by atoms with Gasteiger partial charge in [0.25, 0.3) is 0 Å². The molecule has 1 aliphatic rings. The number of fused-ring (bicyclic) bond motifs is 3. The molecule has 67 valence electrons. The summed E-state index contributed by atoms with van der Waals surface area (Å²) in [6.07, 6.45) is 0. The average Bonchev–Trinajstić information content (AvgIpc) is 2.55. The highest BCUT2D eigenvalue weighted by atomic mass is 32.1. The SMILES string of the molecule is SC1c2[c]cccc2-c2ccccc21. The van der Waals surface area contributed by atoms with Crippen molar-refractivity contribution in [1.82, 2.24) is 0 Å². The van der Waals surface area contributed by atoms with E-state index in [0.717, 1.165) is 0 Å². The van der Waals surface area contributed by atoms with Gasteiger partial charge in [0.1, 0.15) is 0 Å². The van der Waals surface area contributed by atoms with Crippen molar-refractivity contribution in [1.29, 1.82) is 0 Å². The minimum Gasteiger partial charge on any atom is -0.166 e. The number of benzene rings is 2. The van der Waals surface area contributed by atoms with Gasteiger partial charge in [0, 0.05) is 0 Å². The zero-order chi connectivity index (χ0) is 9.54. The summed E-state index contributed by atoms with van der Waals surface area (Å²) in [6.45, 7) is 0. The molecule has 1 unspecified atom stereocenters. The van der Waals surface area contributed by atoms with Crippen molar-refractivity contribution < 1.29 is 0 Å². The van der Waals surface area contributed by atoms with E-state index in [9.17, 15) is 0 Å². The second-order valence-corrected chi connectivity index (χ2v) is 4.00. The molecule has 0 heterocycles. The van der Waals surface area contributed by atoms with Gasteiger partial charge in [-0.25, -0.2) is 0 Å². The number of hydrogen-bond acceptors (Lipinski definition) is 1. The molecule has 1 aliphatic carbocycles. The maximum Gasteiger partial charge on any atom is 0.0534 e. The fourth-order valence-corrected chi connectivity index (χ4v) is 2.49. The van der Waals surface area contributed by atoms with E-state index >= 15 is 0 Å². The van der Waals surface area contributed by atoms with Crippen LogP contribution in [0.15, 0.2) is 42.5 Å². The topological polar surface area (TPSA) is 0 Å². The Kier molecular flexibility index (Phi) is 1.68. The van der Waals surface area contributed by atoms with Crippen molar-refractivity contribution in [3.63, 3.8) is 0 Å². The van der Waals surface area contributed by atoms with E-state index in [2.05, 4.69) is 49.0 Å². The molecule has 0 spiro atoms. The second kappa shape index (κ2) is 2.89. The van der Waals surface area contributed by atoms with Crippen LogP contribution in [0.25, 0.3) is 11.1 Å². The Labute approximate surface area is 89.0 Å². The van der Waals surface area contributed by atoms with Gasteiger partial charge in [-0.3, -0.25) is 0 Å². The van der Waals surface area contributed by atoms with Gasteiger partial charge in [0.05, 0.1) is 5.25 Å². The molecule has 0 saturated heterocycles. The monoisotopic (exact) mass is 197 g/mol. The fraction of sp³-hybridized carbons (Fsp3) is 0.0769. The van der Waals surface area contributed by atoms with Crippen molar-refractivity contribution in [3.8, 4) is 11.1 Å². The first-order valence-corrected chi connectivity index (χ1v) is 5.17. The molecule has 1 heteroatoms. The Hall–Kier alpha value is -1.21. The highest BCUT2D eigenvalue weighted by Gasteiger charge is 2.24. The molecular formula is C13H9S. The van der Waals surface area contributed by atoms with E-state index in [1.165, 1.54) is 22.3 Å². The number of hydrogen-bond donors (Lipinski definition) is 1. The molecule has 0 nitrogen and oxygen atoms in total. The summed E-state index contributed by atoms with van der Waals surface area (Å²) in [5.74, 6) is 0. The van der Waals surface area contributed by atoms with Crippen molar-refractivity contribution in [2.75, 3.05) is 0 Å². The van der Waals surface area contributed by atoms with Crippen molar-refractivity contribution in [3.05, 3.63) is 59.7 Å². The minimum atomic E-state index is 0.197. The van der Waals surface area contributed by atoms with Gasteiger partial charge in [-0.2, -0.15) is 12.6 Å². The lowest BCUT2D eigenvalue weighted by Crippen LogP contribution is -1.85. The first-order chi connectivity index (χ1) is 6.88. The molecule has 3 rings (SSSR count). The predicted molar refractivity (Wildman–Crippen MR) is 61.5 cm³/mol. The van der Waals surface area contributed by atoms with E-state index in [-0.39, 0.29) is 5.25 Å². The molecule has 0 N–H and O–H groups in total. The number of thiol groups is 1. The predicted octanol–water partition coefficient (Wildman–Crippen LogP) is 3.49. The standard InChI is InChI=1S/C13H9S/c14-13-11-7-3-1-5-9(11)10-6-2-4-8-12(10)13/h1-7,13-14H. The molecule has 1 atom stereocenters. The highest BCUT2D eigenvalue weighted by Crippen LogP contribution is 2.45. The van der Waals surface area contributed by atoms with E-state index in [4.69, 9.17) is 0 Å². The van der Waals surface area contributed by atoms with Crippen LogP contribution in [0.3, 0.4) is 0 Å². The molecular weight excluding hydrogens is 188 g/mol. The lowest BCUT2D eigenvalue weighted by molar-refractivity contribution is 1.23. The molecule has 2 aromatic rings. The minimum absolute atomic E-state index is 0.197. The third-order valence-corrected chi connectivity index (χ3v) is 3.24.